The van der Waals surface area contributed by atoms with E-state index in [0.29, 0.717) is 23.1 Å². The van der Waals surface area contributed by atoms with Gasteiger partial charge in [-0.3, -0.25) is 0 Å². The van der Waals surface area contributed by atoms with Crippen molar-refractivity contribution in [2.75, 3.05) is 5.73 Å². The molecule has 3 aromatic heterocycles. The average Bonchev–Trinajstić information content (AvgIpc) is 3.44. The number of imidazole rings is 1. The lowest BCUT2D eigenvalue weighted by atomic mass is 9.92. The Balaban J connectivity index is 2.13. The first kappa shape index (κ1) is 22.5. The van der Waals surface area contributed by atoms with Gasteiger partial charge in [-0.1, -0.05) is 0 Å². The number of H-pyrrole nitrogens is 2. The summed E-state index contributed by atoms with van der Waals surface area (Å²) >= 11 is 0. The number of primary sulfonamides is 2. The quantitative estimate of drug-likeness (QED) is 0.218. The molecule has 4 aromatic rings. The molecule has 0 aliphatic rings. The Kier molecular flexibility index (Phi) is 5.66. The van der Waals surface area contributed by atoms with Crippen LogP contribution in [-0.2, 0) is 32.9 Å². The van der Waals surface area contributed by atoms with Crippen LogP contribution in [0.1, 0.15) is 11.3 Å². The van der Waals surface area contributed by atoms with E-state index in [2.05, 4.69) is 35.6 Å². The summed E-state index contributed by atoms with van der Waals surface area (Å²) in [7, 11) is -9.16. The maximum absolute atomic E-state index is 12.6. The van der Waals surface area contributed by atoms with E-state index in [-0.39, 0.29) is 23.6 Å². The lowest BCUT2D eigenvalue weighted by Gasteiger charge is -2.19. The molecule has 0 saturated heterocycles. The number of hydrogen-bond acceptors (Lipinski definition) is 10. The molecule has 8 N–H and O–H groups in total. The smallest absolute Gasteiger partial charge is 0.240 e. The van der Waals surface area contributed by atoms with Gasteiger partial charge in [-0.25, -0.2) is 37.1 Å². The van der Waals surface area contributed by atoms with Gasteiger partial charge < -0.3 is 10.7 Å². The summed E-state index contributed by atoms with van der Waals surface area (Å²) < 4.78 is 50.2. The lowest BCUT2D eigenvalue weighted by molar-refractivity contribution is 0.584. The number of nitrogen functional groups attached to an aromatic ring is 1. The first-order valence-corrected chi connectivity index (χ1v) is 12.3. The summed E-state index contributed by atoms with van der Waals surface area (Å²) in [5.41, 5.74) is 7.44. The van der Waals surface area contributed by atoms with Gasteiger partial charge in [0, 0.05) is 23.7 Å². The highest BCUT2D eigenvalue weighted by atomic mass is 32.2. The van der Waals surface area contributed by atoms with Crippen LogP contribution in [-0.4, -0.2) is 52.4 Å². The first-order chi connectivity index (χ1) is 15.6. The van der Waals surface area contributed by atoms with Crippen LogP contribution in [0, 0.1) is 0 Å². The van der Waals surface area contributed by atoms with Crippen LogP contribution in [0.3, 0.4) is 0 Å². The molecule has 14 nitrogen and oxygen atoms in total. The minimum Gasteiger partial charge on any atom is -0.384 e. The van der Waals surface area contributed by atoms with E-state index in [1.807, 2.05) is 0 Å². The molecule has 16 heteroatoms. The van der Waals surface area contributed by atoms with Crippen molar-refractivity contribution < 1.29 is 16.8 Å². The third-order valence-electron chi connectivity index (χ3n) is 4.78. The van der Waals surface area contributed by atoms with Gasteiger partial charge >= 0.3 is 0 Å². The SMILES string of the molecule is Nc1ccc(-c2c(CCc3cnc[nH]3)cc(S(N)(=O)=O)c(S(N)(=O)=O)c2-c2nn[nH]n2)cn1. The summed E-state index contributed by atoms with van der Waals surface area (Å²) in [5, 5.41) is 24.3. The first-order valence-electron chi connectivity index (χ1n) is 9.24. The standard InChI is InChI=1S/C17H18N10O4S2/c18-13-4-2-10(6-22-13)14-9(1-3-11-7-21-8-23-11)5-12(32(19,28)29)16(33(20,30)31)15(14)17-24-26-27-25-17/h2,4-8H,1,3H2,(H2,18,22)(H,21,23)(H2,19,28,29)(H2,20,30,31)(H,24,25,26,27). The number of nitrogens with one attached hydrogen (secondary N) is 2. The number of aryl methyl sites for hydroxylation is 2. The molecule has 1 aromatic carbocycles. The van der Waals surface area contributed by atoms with E-state index in [0.717, 1.165) is 5.69 Å². The third kappa shape index (κ3) is 4.58. The fourth-order valence-corrected chi connectivity index (χ4v) is 5.62. The Morgan fingerprint density at radius 1 is 0.970 bits per heavy atom. The van der Waals surface area contributed by atoms with Crippen molar-refractivity contribution in [2.45, 2.75) is 22.6 Å². The van der Waals surface area contributed by atoms with Crippen molar-refractivity contribution in [3.05, 3.63) is 48.2 Å². The van der Waals surface area contributed by atoms with Crippen LogP contribution < -0.4 is 16.0 Å². The maximum Gasteiger partial charge on any atom is 0.240 e. The number of rotatable bonds is 7. The molecule has 0 fully saturated rings. The minimum absolute atomic E-state index is 0.177. The average molecular weight is 491 g/mol. The van der Waals surface area contributed by atoms with Crippen LogP contribution >= 0.6 is 0 Å². The summed E-state index contributed by atoms with van der Waals surface area (Å²) in [6.07, 6.45) is 5.21. The molecule has 0 unspecified atom stereocenters. The fourth-order valence-electron chi connectivity index (χ4n) is 3.44. The van der Waals surface area contributed by atoms with Gasteiger partial charge in [0.15, 0.2) is 0 Å². The maximum atomic E-state index is 12.6. The van der Waals surface area contributed by atoms with Gasteiger partial charge in [0.2, 0.25) is 25.9 Å². The second-order valence-electron chi connectivity index (χ2n) is 6.99. The highest BCUT2D eigenvalue weighted by Crippen LogP contribution is 2.41. The number of anilines is 1. The van der Waals surface area contributed by atoms with Crippen LogP contribution in [0.4, 0.5) is 5.82 Å². The molecule has 3 heterocycles. The van der Waals surface area contributed by atoms with E-state index in [1.54, 1.807) is 12.3 Å². The number of tetrazole rings is 1. The Bertz CT molecular complexity index is 1500. The summed E-state index contributed by atoms with van der Waals surface area (Å²) in [6.45, 7) is 0. The van der Waals surface area contributed by atoms with Gasteiger partial charge in [0.25, 0.3) is 0 Å². The zero-order chi connectivity index (χ0) is 23.8. The van der Waals surface area contributed by atoms with Crippen molar-refractivity contribution in [2.24, 2.45) is 10.3 Å². The van der Waals surface area contributed by atoms with Gasteiger partial charge in [0.05, 0.1) is 11.9 Å². The topological polar surface area (TPSA) is 242 Å². The minimum atomic E-state index is -4.63. The molecule has 0 spiro atoms. The number of aromatic amines is 2. The largest absolute Gasteiger partial charge is 0.384 e. The molecule has 0 bridgehead atoms. The third-order valence-corrected chi connectivity index (χ3v) is 6.84. The molecule has 0 aliphatic carbocycles. The molecule has 33 heavy (non-hydrogen) atoms. The number of benzene rings is 1. The van der Waals surface area contributed by atoms with Crippen LogP contribution in [0.15, 0.2) is 46.7 Å². The van der Waals surface area contributed by atoms with E-state index >= 15 is 0 Å². The zero-order valence-electron chi connectivity index (χ0n) is 16.8. The summed E-state index contributed by atoms with van der Waals surface area (Å²) in [6, 6.07) is 4.30. The zero-order valence-corrected chi connectivity index (χ0v) is 18.4. The number of pyridine rings is 1. The van der Waals surface area contributed by atoms with Crippen LogP contribution in [0.2, 0.25) is 0 Å². The van der Waals surface area contributed by atoms with Crippen molar-refractivity contribution >= 4 is 25.9 Å². The molecular weight excluding hydrogens is 472 g/mol. The Morgan fingerprint density at radius 3 is 2.30 bits per heavy atom. The Labute approximate surface area is 187 Å². The highest BCUT2D eigenvalue weighted by Gasteiger charge is 2.32. The highest BCUT2D eigenvalue weighted by molar-refractivity contribution is 7.92. The number of aromatic nitrogens is 7. The van der Waals surface area contributed by atoms with Gasteiger partial charge in [-0.05, 0) is 47.4 Å². The number of hydrogen-bond donors (Lipinski definition) is 5. The van der Waals surface area contributed by atoms with Gasteiger partial charge in [-0.15, -0.1) is 10.2 Å². The Hall–Kier alpha value is -3.73. The van der Waals surface area contributed by atoms with E-state index in [9.17, 15) is 16.8 Å². The van der Waals surface area contributed by atoms with Crippen molar-refractivity contribution in [1.82, 2.24) is 35.6 Å². The molecule has 4 rings (SSSR count). The van der Waals surface area contributed by atoms with E-state index < -0.39 is 29.8 Å². The van der Waals surface area contributed by atoms with Crippen LogP contribution in [0.5, 0.6) is 0 Å². The molecule has 0 saturated carbocycles. The predicted octanol–water partition coefficient (Wildman–Crippen LogP) is -0.686. The Morgan fingerprint density at radius 2 is 1.76 bits per heavy atom. The van der Waals surface area contributed by atoms with E-state index in [1.165, 1.54) is 24.7 Å². The monoisotopic (exact) mass is 490 g/mol. The molecular formula is C17H18N10O4S2. The van der Waals surface area contributed by atoms with Crippen LogP contribution in [0.25, 0.3) is 22.5 Å². The second-order valence-corrected chi connectivity index (χ2v) is 10.0. The number of sulfonamides is 2. The fraction of sp³-hybridized carbons (Fsp3) is 0.118. The van der Waals surface area contributed by atoms with Crippen molar-refractivity contribution in [1.29, 1.82) is 0 Å². The molecule has 0 amide bonds. The lowest BCUT2D eigenvalue weighted by Crippen LogP contribution is -2.23. The van der Waals surface area contributed by atoms with Crippen molar-refractivity contribution in [3.63, 3.8) is 0 Å². The summed E-state index contributed by atoms with van der Waals surface area (Å²) in [4.78, 5) is 9.56. The molecule has 172 valence electrons. The number of nitrogens with zero attached hydrogens (tertiary/aromatic N) is 5. The number of nitrogens with two attached hydrogens (primary N) is 3. The van der Waals surface area contributed by atoms with Crippen molar-refractivity contribution in [3.8, 4) is 22.5 Å². The molecule has 0 aliphatic heterocycles. The van der Waals surface area contributed by atoms with E-state index in [4.69, 9.17) is 16.0 Å². The van der Waals surface area contributed by atoms with Gasteiger partial charge in [0.1, 0.15) is 15.6 Å². The normalized spacial score (nSPS) is 12.2. The predicted molar refractivity (Wildman–Crippen MR) is 116 cm³/mol. The molecule has 0 atom stereocenters. The second kappa shape index (κ2) is 8.32. The molecule has 0 radical (unpaired) electrons. The van der Waals surface area contributed by atoms with Gasteiger partial charge in [-0.2, -0.15) is 5.21 Å². The summed E-state index contributed by atoms with van der Waals surface area (Å²) in [5.74, 6) is 0.0332.